The van der Waals surface area contributed by atoms with E-state index in [0.29, 0.717) is 10.9 Å². The molecule has 0 fully saturated rings. The van der Waals surface area contributed by atoms with Crippen LogP contribution >= 0.6 is 0 Å². The second-order valence-electron chi connectivity index (χ2n) is 2.37. The largest absolute Gasteiger partial charge is 0.493 e. The summed E-state index contributed by atoms with van der Waals surface area (Å²) >= 11 is 0. The average molecular weight is 162 g/mol. The fourth-order valence-corrected chi connectivity index (χ4v) is 1.04. The predicted molar refractivity (Wildman–Crippen MR) is 42.9 cm³/mol. The van der Waals surface area contributed by atoms with Crippen molar-refractivity contribution in [3.05, 3.63) is 24.4 Å². The molecule has 2 rings (SSSR count). The maximum Gasteiger partial charge on any atom is 0.223 e. The molecule has 2 N–H and O–H groups in total. The molecule has 0 saturated carbocycles. The Balaban J connectivity index is 2.89. The molecule has 0 aromatic carbocycles. The van der Waals surface area contributed by atoms with E-state index in [2.05, 4.69) is 9.97 Å². The summed E-state index contributed by atoms with van der Waals surface area (Å²) in [5, 5.41) is 18.8. The molecule has 0 bridgehead atoms. The van der Waals surface area contributed by atoms with Gasteiger partial charge in [0.1, 0.15) is 0 Å². The molecule has 0 atom stereocenters. The molecule has 2 aromatic heterocycles. The Labute approximate surface area is 68.1 Å². The normalized spacial score (nSPS) is 10.3. The van der Waals surface area contributed by atoms with E-state index in [1.807, 2.05) is 0 Å². The van der Waals surface area contributed by atoms with Crippen molar-refractivity contribution in [3.63, 3.8) is 0 Å². The van der Waals surface area contributed by atoms with Crippen molar-refractivity contribution in [1.82, 2.24) is 9.97 Å². The van der Waals surface area contributed by atoms with Crippen LogP contribution in [0.5, 0.6) is 11.8 Å². The molecule has 2 aromatic rings. The second kappa shape index (κ2) is 2.34. The average Bonchev–Trinajstić information content (AvgIpc) is 2.04. The molecule has 0 radical (unpaired) electrons. The molecular weight excluding hydrogens is 156 g/mol. The molecule has 0 amide bonds. The van der Waals surface area contributed by atoms with Gasteiger partial charge < -0.3 is 10.2 Å². The van der Waals surface area contributed by atoms with Crippen molar-refractivity contribution in [2.24, 2.45) is 0 Å². The highest BCUT2D eigenvalue weighted by Crippen LogP contribution is 2.23. The molecule has 2 heterocycles. The smallest absolute Gasteiger partial charge is 0.223 e. The number of hydrogen-bond donors (Lipinski definition) is 2. The van der Waals surface area contributed by atoms with E-state index in [9.17, 15) is 5.11 Å². The molecule has 0 aliphatic rings. The van der Waals surface area contributed by atoms with E-state index in [-0.39, 0.29) is 11.8 Å². The molecular formula is C8H6N2O2. The van der Waals surface area contributed by atoms with Crippen LogP contribution in [0.2, 0.25) is 0 Å². The van der Waals surface area contributed by atoms with Crippen LogP contribution in [-0.2, 0) is 0 Å². The minimum Gasteiger partial charge on any atom is -0.493 e. The lowest BCUT2D eigenvalue weighted by atomic mass is 10.2. The van der Waals surface area contributed by atoms with Gasteiger partial charge in [-0.15, -0.1) is 0 Å². The summed E-state index contributed by atoms with van der Waals surface area (Å²) in [4.78, 5) is 7.42. The second-order valence-corrected chi connectivity index (χ2v) is 2.37. The van der Waals surface area contributed by atoms with Crippen LogP contribution in [0.15, 0.2) is 24.4 Å². The van der Waals surface area contributed by atoms with E-state index >= 15 is 0 Å². The quantitative estimate of drug-likeness (QED) is 0.607. The lowest BCUT2D eigenvalue weighted by Crippen LogP contribution is -1.81. The van der Waals surface area contributed by atoms with Gasteiger partial charge in [-0.2, -0.15) is 4.98 Å². The minimum atomic E-state index is -0.223. The van der Waals surface area contributed by atoms with E-state index in [4.69, 9.17) is 5.11 Å². The maximum atomic E-state index is 9.24. The third-order valence-corrected chi connectivity index (χ3v) is 1.57. The molecule has 0 saturated heterocycles. The van der Waals surface area contributed by atoms with Gasteiger partial charge >= 0.3 is 0 Å². The lowest BCUT2D eigenvalue weighted by molar-refractivity contribution is 0.418. The van der Waals surface area contributed by atoms with Crippen molar-refractivity contribution < 1.29 is 10.2 Å². The number of nitrogens with zero attached hydrogens (tertiary/aromatic N) is 2. The Hall–Kier alpha value is -1.84. The van der Waals surface area contributed by atoms with Crippen molar-refractivity contribution >= 4 is 10.9 Å². The number of aromatic hydroxyl groups is 2. The van der Waals surface area contributed by atoms with Gasteiger partial charge in [0.05, 0.1) is 10.9 Å². The van der Waals surface area contributed by atoms with Crippen LogP contribution in [0.4, 0.5) is 0 Å². The summed E-state index contributed by atoms with van der Waals surface area (Å²) in [5.74, 6) is -0.420. The summed E-state index contributed by atoms with van der Waals surface area (Å²) in [6.07, 6.45) is 1.58. The van der Waals surface area contributed by atoms with Gasteiger partial charge in [0.15, 0.2) is 0 Å². The molecule has 0 aliphatic carbocycles. The first-order valence-corrected chi connectivity index (χ1v) is 3.41. The zero-order valence-corrected chi connectivity index (χ0v) is 6.10. The Morgan fingerprint density at radius 2 is 2.08 bits per heavy atom. The first kappa shape index (κ1) is 6.84. The molecule has 60 valence electrons. The number of pyridine rings is 2. The summed E-state index contributed by atoms with van der Waals surface area (Å²) in [5.41, 5.74) is 0.530. The van der Waals surface area contributed by atoms with Crippen LogP contribution < -0.4 is 0 Å². The highest BCUT2D eigenvalue weighted by molar-refractivity contribution is 5.83. The van der Waals surface area contributed by atoms with E-state index in [1.54, 1.807) is 18.3 Å². The van der Waals surface area contributed by atoms with E-state index in [0.717, 1.165) is 0 Å². The van der Waals surface area contributed by atoms with Crippen LogP contribution in [0.3, 0.4) is 0 Å². The monoisotopic (exact) mass is 162 g/mol. The fourth-order valence-electron chi connectivity index (χ4n) is 1.04. The molecule has 0 unspecified atom stereocenters. The number of fused-ring (bicyclic) bond motifs is 1. The van der Waals surface area contributed by atoms with Crippen LogP contribution in [0.1, 0.15) is 0 Å². The van der Waals surface area contributed by atoms with Crippen molar-refractivity contribution in [2.75, 3.05) is 0 Å². The van der Waals surface area contributed by atoms with Gasteiger partial charge in [0, 0.05) is 12.3 Å². The first-order valence-electron chi connectivity index (χ1n) is 3.41. The molecule has 4 heteroatoms. The number of hydrogen-bond acceptors (Lipinski definition) is 4. The Morgan fingerprint density at radius 1 is 1.25 bits per heavy atom. The third-order valence-electron chi connectivity index (χ3n) is 1.57. The van der Waals surface area contributed by atoms with Gasteiger partial charge in [-0.05, 0) is 12.1 Å². The molecule has 0 spiro atoms. The highest BCUT2D eigenvalue weighted by atomic mass is 16.3. The zero-order valence-electron chi connectivity index (χ0n) is 6.10. The van der Waals surface area contributed by atoms with Crippen LogP contribution in [0, 0.1) is 0 Å². The summed E-state index contributed by atoms with van der Waals surface area (Å²) in [6, 6.07) is 4.78. The SMILES string of the molecule is Oc1cc2ncccc2c(O)n1. The standard InChI is InChI=1S/C8H6N2O2/c11-7-4-6-5(8(12)10-7)2-1-3-9-6/h1-4H,(H2,10,11,12). The van der Waals surface area contributed by atoms with Gasteiger partial charge in [0.2, 0.25) is 11.8 Å². The Morgan fingerprint density at radius 3 is 2.92 bits per heavy atom. The highest BCUT2D eigenvalue weighted by Gasteiger charge is 2.02. The third kappa shape index (κ3) is 0.934. The minimum absolute atomic E-state index is 0.196. The number of aromatic nitrogens is 2. The summed E-state index contributed by atoms with van der Waals surface area (Å²) in [7, 11) is 0. The van der Waals surface area contributed by atoms with Gasteiger partial charge in [-0.25, -0.2) is 0 Å². The van der Waals surface area contributed by atoms with E-state index in [1.165, 1.54) is 6.07 Å². The molecule has 12 heavy (non-hydrogen) atoms. The Bertz CT molecular complexity index is 428. The van der Waals surface area contributed by atoms with Crippen LogP contribution in [0.25, 0.3) is 10.9 Å². The lowest BCUT2D eigenvalue weighted by Gasteiger charge is -1.98. The molecule has 4 nitrogen and oxygen atoms in total. The van der Waals surface area contributed by atoms with Crippen molar-refractivity contribution in [3.8, 4) is 11.8 Å². The van der Waals surface area contributed by atoms with Gasteiger partial charge in [0.25, 0.3) is 0 Å². The summed E-state index contributed by atoms with van der Waals surface area (Å²) in [6.45, 7) is 0. The number of rotatable bonds is 0. The van der Waals surface area contributed by atoms with Crippen LogP contribution in [-0.4, -0.2) is 20.2 Å². The zero-order chi connectivity index (χ0) is 8.55. The maximum absolute atomic E-state index is 9.24. The van der Waals surface area contributed by atoms with Gasteiger partial charge in [-0.3, -0.25) is 4.98 Å². The van der Waals surface area contributed by atoms with E-state index < -0.39 is 0 Å². The van der Waals surface area contributed by atoms with Gasteiger partial charge in [-0.1, -0.05) is 0 Å². The first-order chi connectivity index (χ1) is 5.77. The Kier molecular flexibility index (Phi) is 1.33. The summed E-state index contributed by atoms with van der Waals surface area (Å²) < 4.78 is 0. The topological polar surface area (TPSA) is 66.2 Å². The van der Waals surface area contributed by atoms with Crippen molar-refractivity contribution in [2.45, 2.75) is 0 Å². The molecule has 0 aliphatic heterocycles. The fraction of sp³-hybridized carbons (Fsp3) is 0. The predicted octanol–water partition coefficient (Wildman–Crippen LogP) is 1.04. The van der Waals surface area contributed by atoms with Crippen molar-refractivity contribution in [1.29, 1.82) is 0 Å².